The Morgan fingerprint density at radius 2 is 2.13 bits per heavy atom. The number of fused-ring (bicyclic) bond motifs is 1. The van der Waals surface area contributed by atoms with E-state index < -0.39 is 0 Å². The van der Waals surface area contributed by atoms with Crippen LogP contribution in [0.25, 0.3) is 16.8 Å². The van der Waals surface area contributed by atoms with Gasteiger partial charge in [-0.05, 0) is 23.6 Å². The molecule has 2 aromatic rings. The molecule has 0 atom stereocenters. The van der Waals surface area contributed by atoms with Crippen LogP contribution in [0.1, 0.15) is 5.56 Å². The van der Waals surface area contributed by atoms with E-state index in [1.807, 2.05) is 0 Å². The Kier molecular flexibility index (Phi) is 2.37. The molecule has 0 saturated heterocycles. The predicted octanol–water partition coefficient (Wildman–Crippen LogP) is 3.03. The lowest BCUT2D eigenvalue weighted by Crippen LogP contribution is -1.91. The smallest absolute Gasteiger partial charge is 0.221 e. The first-order valence-electron chi connectivity index (χ1n) is 4.51. The highest BCUT2D eigenvalue weighted by Gasteiger charge is 2.08. The van der Waals surface area contributed by atoms with Gasteiger partial charge >= 0.3 is 0 Å². The average molecular weight is 203 g/mol. The van der Waals surface area contributed by atoms with Gasteiger partial charge < -0.3 is 4.74 Å². The number of hydrogen-bond acceptors (Lipinski definition) is 2. The van der Waals surface area contributed by atoms with Gasteiger partial charge in [-0.15, -0.1) is 0 Å². The van der Waals surface area contributed by atoms with E-state index in [9.17, 15) is 4.39 Å². The van der Waals surface area contributed by atoms with Crippen molar-refractivity contribution in [3.8, 4) is 5.88 Å². The van der Waals surface area contributed by atoms with Crippen molar-refractivity contribution in [1.82, 2.24) is 4.98 Å². The van der Waals surface area contributed by atoms with Crippen molar-refractivity contribution < 1.29 is 9.13 Å². The Balaban J connectivity index is 2.88. The Morgan fingerprint density at radius 1 is 1.33 bits per heavy atom. The van der Waals surface area contributed by atoms with Gasteiger partial charge in [-0.2, -0.15) is 0 Å². The fourth-order valence-corrected chi connectivity index (χ4v) is 1.60. The molecule has 0 N–H and O–H groups in total. The van der Waals surface area contributed by atoms with Crippen LogP contribution < -0.4 is 4.74 Å². The molecule has 76 valence electrons. The van der Waals surface area contributed by atoms with Gasteiger partial charge in [-0.1, -0.05) is 12.7 Å². The molecule has 0 spiro atoms. The SMILES string of the molecule is C=Cc1c(F)ccc2c(OC)nccc12. The van der Waals surface area contributed by atoms with Crippen molar-refractivity contribution in [3.05, 3.63) is 42.4 Å². The number of rotatable bonds is 2. The number of halogens is 1. The molecule has 1 heterocycles. The van der Waals surface area contributed by atoms with Crippen LogP contribution in [-0.4, -0.2) is 12.1 Å². The third kappa shape index (κ3) is 1.46. The minimum Gasteiger partial charge on any atom is -0.481 e. The molecule has 0 aliphatic heterocycles. The molecule has 0 aliphatic rings. The molecule has 0 radical (unpaired) electrons. The third-order valence-corrected chi connectivity index (χ3v) is 2.29. The molecule has 0 amide bonds. The summed E-state index contributed by atoms with van der Waals surface area (Å²) in [4.78, 5) is 4.05. The van der Waals surface area contributed by atoms with Gasteiger partial charge in [0.25, 0.3) is 0 Å². The van der Waals surface area contributed by atoms with Crippen LogP contribution in [0.5, 0.6) is 5.88 Å². The summed E-state index contributed by atoms with van der Waals surface area (Å²) in [6, 6.07) is 4.80. The second-order valence-corrected chi connectivity index (χ2v) is 3.08. The van der Waals surface area contributed by atoms with Crippen LogP contribution in [0.3, 0.4) is 0 Å². The molecule has 0 unspecified atom stereocenters. The molecular weight excluding hydrogens is 193 g/mol. The van der Waals surface area contributed by atoms with Gasteiger partial charge in [0, 0.05) is 17.1 Å². The maximum Gasteiger partial charge on any atom is 0.221 e. The molecule has 2 rings (SSSR count). The lowest BCUT2D eigenvalue weighted by atomic mass is 10.1. The number of benzene rings is 1. The number of ether oxygens (including phenoxy) is 1. The standard InChI is InChI=1S/C12H10FNO/c1-3-8-9-6-7-14-12(15-2)10(9)4-5-11(8)13/h3-7H,1H2,2H3. The van der Waals surface area contributed by atoms with Crippen LogP contribution in [0, 0.1) is 5.82 Å². The first kappa shape index (κ1) is 9.65. The largest absolute Gasteiger partial charge is 0.481 e. The van der Waals surface area contributed by atoms with Crippen LogP contribution in [0.15, 0.2) is 31.0 Å². The Labute approximate surface area is 87.0 Å². The molecule has 1 aromatic heterocycles. The van der Waals surface area contributed by atoms with Crippen molar-refractivity contribution in [2.45, 2.75) is 0 Å². The Hall–Kier alpha value is -1.90. The zero-order valence-corrected chi connectivity index (χ0v) is 8.33. The van der Waals surface area contributed by atoms with Gasteiger partial charge in [0.2, 0.25) is 5.88 Å². The van der Waals surface area contributed by atoms with E-state index in [0.717, 1.165) is 10.8 Å². The second-order valence-electron chi connectivity index (χ2n) is 3.08. The van der Waals surface area contributed by atoms with Crippen LogP contribution >= 0.6 is 0 Å². The van der Waals surface area contributed by atoms with E-state index in [0.29, 0.717) is 11.4 Å². The van der Waals surface area contributed by atoms with Crippen molar-refractivity contribution in [2.75, 3.05) is 7.11 Å². The molecule has 0 saturated carbocycles. The van der Waals surface area contributed by atoms with Gasteiger partial charge in [-0.25, -0.2) is 9.37 Å². The summed E-state index contributed by atoms with van der Waals surface area (Å²) in [5, 5.41) is 1.55. The monoisotopic (exact) mass is 203 g/mol. The highest BCUT2D eigenvalue weighted by Crippen LogP contribution is 2.27. The molecule has 3 heteroatoms. The Morgan fingerprint density at radius 3 is 2.80 bits per heavy atom. The van der Waals surface area contributed by atoms with E-state index in [1.54, 1.807) is 25.4 Å². The zero-order valence-electron chi connectivity index (χ0n) is 8.33. The van der Waals surface area contributed by atoms with Crippen LogP contribution in [-0.2, 0) is 0 Å². The van der Waals surface area contributed by atoms with Crippen LogP contribution in [0.4, 0.5) is 4.39 Å². The predicted molar refractivity (Wildman–Crippen MR) is 58.3 cm³/mol. The molecule has 1 aromatic carbocycles. The molecule has 0 fully saturated rings. The molecule has 0 aliphatic carbocycles. The zero-order chi connectivity index (χ0) is 10.8. The van der Waals surface area contributed by atoms with Gasteiger partial charge in [0.1, 0.15) is 5.82 Å². The molecular formula is C12H10FNO. The summed E-state index contributed by atoms with van der Waals surface area (Å²) >= 11 is 0. The number of methoxy groups -OCH3 is 1. The number of pyridine rings is 1. The Bertz CT molecular complexity index is 522. The summed E-state index contributed by atoms with van der Waals surface area (Å²) in [5.41, 5.74) is 0.480. The fraction of sp³-hybridized carbons (Fsp3) is 0.0833. The van der Waals surface area contributed by atoms with Gasteiger partial charge in [0.15, 0.2) is 0 Å². The van der Waals surface area contributed by atoms with Crippen molar-refractivity contribution in [1.29, 1.82) is 0 Å². The molecule has 0 bridgehead atoms. The first-order valence-corrected chi connectivity index (χ1v) is 4.51. The number of aromatic nitrogens is 1. The first-order chi connectivity index (χ1) is 7.27. The van der Waals surface area contributed by atoms with Crippen molar-refractivity contribution >= 4 is 16.8 Å². The van der Waals surface area contributed by atoms with E-state index in [2.05, 4.69) is 11.6 Å². The highest BCUT2D eigenvalue weighted by atomic mass is 19.1. The summed E-state index contributed by atoms with van der Waals surface area (Å²) in [5.74, 6) is 0.210. The van der Waals surface area contributed by atoms with Gasteiger partial charge in [0.05, 0.1) is 7.11 Å². The highest BCUT2D eigenvalue weighted by molar-refractivity contribution is 5.93. The lowest BCUT2D eigenvalue weighted by Gasteiger charge is -2.06. The minimum atomic E-state index is -0.286. The topological polar surface area (TPSA) is 22.1 Å². The summed E-state index contributed by atoms with van der Waals surface area (Å²) < 4.78 is 18.5. The van der Waals surface area contributed by atoms with E-state index >= 15 is 0 Å². The van der Waals surface area contributed by atoms with Crippen molar-refractivity contribution in [2.24, 2.45) is 0 Å². The van der Waals surface area contributed by atoms with Gasteiger partial charge in [-0.3, -0.25) is 0 Å². The quantitative estimate of drug-likeness (QED) is 0.748. The van der Waals surface area contributed by atoms with E-state index in [-0.39, 0.29) is 5.82 Å². The van der Waals surface area contributed by atoms with Crippen molar-refractivity contribution in [3.63, 3.8) is 0 Å². The maximum absolute atomic E-state index is 13.4. The average Bonchev–Trinajstić information content (AvgIpc) is 2.28. The maximum atomic E-state index is 13.4. The summed E-state index contributed by atoms with van der Waals surface area (Å²) in [7, 11) is 1.54. The second kappa shape index (κ2) is 3.69. The van der Waals surface area contributed by atoms with E-state index in [4.69, 9.17) is 4.74 Å². The third-order valence-electron chi connectivity index (χ3n) is 2.29. The fourth-order valence-electron chi connectivity index (χ4n) is 1.60. The summed E-state index contributed by atoms with van der Waals surface area (Å²) in [6.45, 7) is 3.60. The normalized spacial score (nSPS) is 10.3. The van der Waals surface area contributed by atoms with Crippen LogP contribution in [0.2, 0.25) is 0 Å². The number of hydrogen-bond donors (Lipinski definition) is 0. The lowest BCUT2D eigenvalue weighted by molar-refractivity contribution is 0.403. The number of nitrogens with zero attached hydrogens (tertiary/aromatic N) is 1. The summed E-state index contributed by atoms with van der Waals surface area (Å²) in [6.07, 6.45) is 3.09. The molecule has 15 heavy (non-hydrogen) atoms. The molecule has 2 nitrogen and oxygen atoms in total. The minimum absolute atomic E-state index is 0.286. The van der Waals surface area contributed by atoms with E-state index in [1.165, 1.54) is 12.1 Å².